The van der Waals surface area contributed by atoms with E-state index in [-0.39, 0.29) is 0 Å². The molecule has 10 heavy (non-hydrogen) atoms. The zero-order valence-corrected chi connectivity index (χ0v) is 8.05. The van der Waals surface area contributed by atoms with Crippen LogP contribution in [0.4, 0.5) is 0 Å². The van der Waals surface area contributed by atoms with E-state index in [9.17, 15) is 0 Å². The van der Waals surface area contributed by atoms with E-state index >= 15 is 0 Å². The minimum absolute atomic E-state index is 0.926. The largest absolute Gasteiger partial charge is 0.134 e. The molecule has 0 nitrogen and oxygen atoms in total. The van der Waals surface area contributed by atoms with E-state index in [1.54, 1.807) is 11.3 Å². The average Bonchev–Trinajstić information content (AvgIpc) is 2.31. The molecule has 0 aliphatic carbocycles. The van der Waals surface area contributed by atoms with Gasteiger partial charge in [-0.1, -0.05) is 18.8 Å². The topological polar surface area (TPSA) is 0 Å². The van der Waals surface area contributed by atoms with Crippen LogP contribution in [0.25, 0.3) is 0 Å². The van der Waals surface area contributed by atoms with Gasteiger partial charge in [0, 0.05) is 16.3 Å². The molecular formula is C8H7BrS. The highest BCUT2D eigenvalue weighted by molar-refractivity contribution is 9.10. The molecule has 0 saturated heterocycles. The molecule has 0 radical (unpaired) electrons. The summed E-state index contributed by atoms with van der Waals surface area (Å²) in [5.41, 5.74) is 0. The maximum Gasteiger partial charge on any atom is 0.0780 e. The minimum Gasteiger partial charge on any atom is -0.134 e. The summed E-state index contributed by atoms with van der Waals surface area (Å²) >= 11 is 5.04. The van der Waals surface area contributed by atoms with Crippen LogP contribution in [0, 0.1) is 11.8 Å². The summed E-state index contributed by atoms with van der Waals surface area (Å²) in [6.45, 7) is 2.05. The summed E-state index contributed by atoms with van der Waals surface area (Å²) in [6, 6.07) is 2.04. The molecule has 0 spiro atoms. The Morgan fingerprint density at radius 1 is 1.70 bits per heavy atom. The van der Waals surface area contributed by atoms with E-state index in [4.69, 9.17) is 0 Å². The van der Waals surface area contributed by atoms with Gasteiger partial charge in [-0.15, -0.1) is 11.3 Å². The normalized spacial score (nSPS) is 8.60. The fourth-order valence-electron chi connectivity index (χ4n) is 0.554. The van der Waals surface area contributed by atoms with Gasteiger partial charge < -0.3 is 0 Å². The van der Waals surface area contributed by atoms with E-state index in [0.29, 0.717) is 0 Å². The summed E-state index contributed by atoms with van der Waals surface area (Å²) in [6.07, 6.45) is 0.926. The second-order valence-corrected chi connectivity index (χ2v) is 3.61. The van der Waals surface area contributed by atoms with Crippen molar-refractivity contribution in [3.05, 3.63) is 20.8 Å². The van der Waals surface area contributed by atoms with Crippen LogP contribution in [-0.4, -0.2) is 0 Å². The maximum absolute atomic E-state index is 3.37. The van der Waals surface area contributed by atoms with Crippen LogP contribution in [0.1, 0.15) is 18.2 Å². The molecule has 0 aliphatic rings. The fraction of sp³-hybridized carbons (Fsp3) is 0.250. The third-order valence-electron chi connectivity index (χ3n) is 0.956. The molecule has 1 heterocycles. The predicted octanol–water partition coefficient (Wildman–Crippen LogP) is 3.27. The predicted molar refractivity (Wildman–Crippen MR) is 49.2 cm³/mol. The Balaban J connectivity index is 2.76. The number of halogens is 1. The summed E-state index contributed by atoms with van der Waals surface area (Å²) in [5.74, 6) is 6.07. The molecule has 0 unspecified atom stereocenters. The molecule has 1 aromatic rings. The molecule has 0 saturated carbocycles. The van der Waals surface area contributed by atoms with Gasteiger partial charge in [-0.3, -0.25) is 0 Å². The molecule has 2 heteroatoms. The van der Waals surface area contributed by atoms with Crippen LogP contribution < -0.4 is 0 Å². The molecule has 1 rings (SSSR count). The second kappa shape index (κ2) is 3.80. The Bertz CT molecular complexity index is 264. The maximum atomic E-state index is 3.37. The SMILES string of the molecule is CCC#Cc1cc(Br)cs1. The fourth-order valence-corrected chi connectivity index (χ4v) is 1.85. The molecular weight excluding hydrogens is 208 g/mol. The number of hydrogen-bond donors (Lipinski definition) is 0. The summed E-state index contributed by atoms with van der Waals surface area (Å²) < 4.78 is 1.12. The third kappa shape index (κ3) is 2.17. The molecule has 0 fully saturated rings. The molecule has 0 aliphatic heterocycles. The Morgan fingerprint density at radius 2 is 2.50 bits per heavy atom. The monoisotopic (exact) mass is 214 g/mol. The van der Waals surface area contributed by atoms with E-state index < -0.39 is 0 Å². The standard InChI is InChI=1S/C8H7BrS/c1-2-3-4-8-5-7(9)6-10-8/h5-6H,2H2,1H3. The van der Waals surface area contributed by atoms with E-state index in [1.807, 2.05) is 11.4 Å². The lowest BCUT2D eigenvalue weighted by Crippen LogP contribution is -1.58. The third-order valence-corrected chi connectivity index (χ3v) is 2.56. The first-order valence-corrected chi connectivity index (χ1v) is 4.73. The first-order chi connectivity index (χ1) is 4.83. The van der Waals surface area contributed by atoms with Crippen molar-refractivity contribution in [1.82, 2.24) is 0 Å². The van der Waals surface area contributed by atoms with Gasteiger partial charge in [-0.05, 0) is 22.0 Å². The lowest BCUT2D eigenvalue weighted by Gasteiger charge is -1.73. The van der Waals surface area contributed by atoms with Crippen LogP contribution in [0.5, 0.6) is 0 Å². The average molecular weight is 215 g/mol. The van der Waals surface area contributed by atoms with Crippen molar-refractivity contribution in [3.8, 4) is 11.8 Å². The van der Waals surface area contributed by atoms with Crippen molar-refractivity contribution in [3.63, 3.8) is 0 Å². The zero-order chi connectivity index (χ0) is 7.40. The zero-order valence-electron chi connectivity index (χ0n) is 5.65. The molecule has 52 valence electrons. The van der Waals surface area contributed by atoms with Crippen molar-refractivity contribution in [2.45, 2.75) is 13.3 Å². The molecule has 0 N–H and O–H groups in total. The first-order valence-electron chi connectivity index (χ1n) is 3.06. The van der Waals surface area contributed by atoms with E-state index in [0.717, 1.165) is 15.8 Å². The summed E-state index contributed by atoms with van der Waals surface area (Å²) in [5, 5.41) is 2.04. The molecule has 0 aromatic carbocycles. The van der Waals surface area contributed by atoms with Crippen molar-refractivity contribution < 1.29 is 0 Å². The van der Waals surface area contributed by atoms with Gasteiger partial charge in [0.05, 0.1) is 4.88 Å². The van der Waals surface area contributed by atoms with E-state index in [1.165, 1.54) is 0 Å². The van der Waals surface area contributed by atoms with Gasteiger partial charge in [0.25, 0.3) is 0 Å². The number of thiophene rings is 1. The summed E-state index contributed by atoms with van der Waals surface area (Å²) in [7, 11) is 0. The molecule has 0 atom stereocenters. The van der Waals surface area contributed by atoms with Crippen molar-refractivity contribution in [2.24, 2.45) is 0 Å². The highest BCUT2D eigenvalue weighted by Gasteiger charge is 1.90. The Labute approximate surface area is 73.4 Å². The van der Waals surface area contributed by atoms with Crippen molar-refractivity contribution in [2.75, 3.05) is 0 Å². The molecule has 1 aromatic heterocycles. The molecule has 0 bridgehead atoms. The first kappa shape index (κ1) is 7.84. The van der Waals surface area contributed by atoms with Crippen LogP contribution in [0.3, 0.4) is 0 Å². The Kier molecular flexibility index (Phi) is 2.98. The quantitative estimate of drug-likeness (QED) is 0.582. The van der Waals surface area contributed by atoms with Gasteiger partial charge in [-0.25, -0.2) is 0 Å². The van der Waals surface area contributed by atoms with Crippen LogP contribution in [0.15, 0.2) is 15.9 Å². The smallest absolute Gasteiger partial charge is 0.0780 e. The lowest BCUT2D eigenvalue weighted by atomic mass is 10.4. The highest BCUT2D eigenvalue weighted by Crippen LogP contribution is 2.18. The summed E-state index contributed by atoms with van der Waals surface area (Å²) in [4.78, 5) is 1.13. The van der Waals surface area contributed by atoms with Gasteiger partial charge in [-0.2, -0.15) is 0 Å². The van der Waals surface area contributed by atoms with Crippen LogP contribution >= 0.6 is 27.3 Å². The van der Waals surface area contributed by atoms with Gasteiger partial charge >= 0.3 is 0 Å². The Hall–Kier alpha value is -0.260. The van der Waals surface area contributed by atoms with Crippen molar-refractivity contribution >= 4 is 27.3 Å². The van der Waals surface area contributed by atoms with Crippen LogP contribution in [0.2, 0.25) is 0 Å². The van der Waals surface area contributed by atoms with E-state index in [2.05, 4.69) is 34.7 Å². The minimum atomic E-state index is 0.926. The number of hydrogen-bond acceptors (Lipinski definition) is 1. The van der Waals surface area contributed by atoms with Gasteiger partial charge in [0.2, 0.25) is 0 Å². The van der Waals surface area contributed by atoms with Crippen LogP contribution in [-0.2, 0) is 0 Å². The lowest BCUT2D eigenvalue weighted by molar-refractivity contribution is 1.28. The Morgan fingerprint density at radius 3 is 3.00 bits per heavy atom. The number of rotatable bonds is 0. The van der Waals surface area contributed by atoms with Gasteiger partial charge in [0.1, 0.15) is 0 Å². The highest BCUT2D eigenvalue weighted by atomic mass is 79.9. The van der Waals surface area contributed by atoms with Gasteiger partial charge in [0.15, 0.2) is 0 Å². The second-order valence-electron chi connectivity index (χ2n) is 1.78. The molecule has 0 amide bonds. The van der Waals surface area contributed by atoms with Crippen molar-refractivity contribution in [1.29, 1.82) is 0 Å².